The Morgan fingerprint density at radius 1 is 1.42 bits per heavy atom. The number of hydrogen-bond donors (Lipinski definition) is 1. The third kappa shape index (κ3) is 3.34. The fraction of sp³-hybridized carbons (Fsp3) is 0.714. The summed E-state index contributed by atoms with van der Waals surface area (Å²) in [6, 6.07) is 0.604. The third-order valence-corrected chi connectivity index (χ3v) is 4.91. The van der Waals surface area contributed by atoms with E-state index < -0.39 is 0 Å². The zero-order valence-corrected chi connectivity index (χ0v) is 12.2. The molecule has 2 aliphatic rings. The third-order valence-electron chi connectivity index (χ3n) is 4.01. The largest absolute Gasteiger partial charge is 0.338 e. The molecule has 0 spiro atoms. The van der Waals surface area contributed by atoms with Crippen LogP contribution in [-0.2, 0) is 0 Å². The van der Waals surface area contributed by atoms with Crippen LogP contribution in [0.15, 0.2) is 6.20 Å². The molecule has 2 heterocycles. The number of rotatable bonds is 4. The van der Waals surface area contributed by atoms with E-state index in [9.17, 15) is 4.79 Å². The van der Waals surface area contributed by atoms with Gasteiger partial charge in [0.15, 0.2) is 0 Å². The van der Waals surface area contributed by atoms with Crippen molar-refractivity contribution in [3.8, 4) is 0 Å². The van der Waals surface area contributed by atoms with E-state index in [2.05, 4.69) is 10.3 Å². The highest BCUT2D eigenvalue weighted by atomic mass is 32.1. The minimum atomic E-state index is 0.159. The summed E-state index contributed by atoms with van der Waals surface area (Å²) in [5, 5.41) is 4.60. The van der Waals surface area contributed by atoms with E-state index in [1.54, 1.807) is 6.20 Å². The van der Waals surface area contributed by atoms with Crippen molar-refractivity contribution in [1.29, 1.82) is 0 Å². The zero-order chi connectivity index (χ0) is 13.2. The van der Waals surface area contributed by atoms with Gasteiger partial charge in [-0.3, -0.25) is 4.79 Å². The monoisotopic (exact) mass is 279 g/mol. The molecule has 5 heteroatoms. The van der Waals surface area contributed by atoms with Gasteiger partial charge in [-0.25, -0.2) is 4.98 Å². The highest BCUT2D eigenvalue weighted by Gasteiger charge is 2.26. The van der Waals surface area contributed by atoms with E-state index >= 15 is 0 Å². The number of carbonyl (C=O) groups is 1. The van der Waals surface area contributed by atoms with Crippen LogP contribution in [0.1, 0.15) is 40.4 Å². The van der Waals surface area contributed by atoms with Crippen LogP contribution in [0.5, 0.6) is 0 Å². The topological polar surface area (TPSA) is 45.2 Å². The minimum Gasteiger partial charge on any atom is -0.338 e. The van der Waals surface area contributed by atoms with Crippen molar-refractivity contribution in [3.63, 3.8) is 0 Å². The summed E-state index contributed by atoms with van der Waals surface area (Å²) in [6.45, 7) is 4.86. The van der Waals surface area contributed by atoms with Gasteiger partial charge < -0.3 is 10.2 Å². The van der Waals surface area contributed by atoms with Crippen molar-refractivity contribution in [3.05, 3.63) is 16.1 Å². The number of aryl methyl sites for hydroxylation is 1. The molecule has 19 heavy (non-hydrogen) atoms. The van der Waals surface area contributed by atoms with Gasteiger partial charge in [-0.1, -0.05) is 0 Å². The highest BCUT2D eigenvalue weighted by molar-refractivity contribution is 7.13. The Balaban J connectivity index is 1.47. The average molecular weight is 279 g/mol. The van der Waals surface area contributed by atoms with E-state index in [1.807, 2.05) is 11.8 Å². The Labute approximate surface area is 118 Å². The Bertz CT molecular complexity index is 447. The molecule has 1 saturated heterocycles. The standard InChI is InChI=1S/C14H21N3OS/c1-10-15-9-13(19-10)14(18)17-6-4-12(5-7-17)16-8-11-2-3-11/h9,11-12,16H,2-8H2,1H3. The van der Waals surface area contributed by atoms with Crippen molar-refractivity contribution >= 4 is 17.2 Å². The number of hydrogen-bond acceptors (Lipinski definition) is 4. The van der Waals surface area contributed by atoms with Gasteiger partial charge in [0.2, 0.25) is 0 Å². The van der Waals surface area contributed by atoms with Gasteiger partial charge in [-0.05, 0) is 45.1 Å². The first kappa shape index (κ1) is 13.1. The van der Waals surface area contributed by atoms with Gasteiger partial charge in [0.25, 0.3) is 5.91 Å². The van der Waals surface area contributed by atoms with Crippen molar-refractivity contribution in [2.45, 2.75) is 38.6 Å². The van der Waals surface area contributed by atoms with Gasteiger partial charge in [0.05, 0.1) is 11.2 Å². The molecule has 1 aromatic heterocycles. The first-order chi connectivity index (χ1) is 9.22. The van der Waals surface area contributed by atoms with Crippen molar-refractivity contribution in [2.75, 3.05) is 19.6 Å². The minimum absolute atomic E-state index is 0.159. The lowest BCUT2D eigenvalue weighted by Crippen LogP contribution is -2.45. The maximum absolute atomic E-state index is 12.3. The van der Waals surface area contributed by atoms with Crippen LogP contribution in [-0.4, -0.2) is 41.5 Å². The lowest BCUT2D eigenvalue weighted by atomic mass is 10.0. The van der Waals surface area contributed by atoms with Crippen molar-refractivity contribution in [1.82, 2.24) is 15.2 Å². The molecule has 1 aromatic rings. The number of thiazole rings is 1. The van der Waals surface area contributed by atoms with Gasteiger partial charge in [0.1, 0.15) is 4.88 Å². The molecule has 1 saturated carbocycles. The maximum atomic E-state index is 12.3. The Morgan fingerprint density at radius 2 is 2.16 bits per heavy atom. The molecule has 3 rings (SSSR count). The number of aromatic nitrogens is 1. The van der Waals surface area contributed by atoms with Crippen LogP contribution in [0.2, 0.25) is 0 Å². The molecule has 0 radical (unpaired) electrons. The van der Waals surface area contributed by atoms with Gasteiger partial charge >= 0.3 is 0 Å². The second-order valence-electron chi connectivity index (χ2n) is 5.66. The number of piperidine rings is 1. The SMILES string of the molecule is Cc1ncc(C(=O)N2CCC(NCC3CC3)CC2)s1. The van der Waals surface area contributed by atoms with E-state index in [1.165, 1.54) is 30.7 Å². The number of carbonyl (C=O) groups excluding carboxylic acids is 1. The summed E-state index contributed by atoms with van der Waals surface area (Å²) in [5.74, 6) is 1.09. The first-order valence-corrected chi connectivity index (χ1v) is 7.99. The molecule has 1 amide bonds. The second-order valence-corrected chi connectivity index (χ2v) is 6.90. The summed E-state index contributed by atoms with van der Waals surface area (Å²) >= 11 is 1.49. The number of amides is 1. The van der Waals surface area contributed by atoms with Crippen LogP contribution < -0.4 is 5.32 Å². The predicted octanol–water partition coefficient (Wildman–Crippen LogP) is 2.06. The Hall–Kier alpha value is -0.940. The lowest BCUT2D eigenvalue weighted by Gasteiger charge is -2.32. The molecular formula is C14H21N3OS. The summed E-state index contributed by atoms with van der Waals surface area (Å²) in [4.78, 5) is 19.2. The molecular weight excluding hydrogens is 258 g/mol. The van der Waals surface area contributed by atoms with E-state index in [0.29, 0.717) is 6.04 Å². The highest BCUT2D eigenvalue weighted by Crippen LogP contribution is 2.28. The zero-order valence-electron chi connectivity index (χ0n) is 11.4. The fourth-order valence-corrected chi connectivity index (χ4v) is 3.30. The summed E-state index contributed by atoms with van der Waals surface area (Å²) in [5.41, 5.74) is 0. The molecule has 0 bridgehead atoms. The van der Waals surface area contributed by atoms with Crippen LogP contribution >= 0.6 is 11.3 Å². The van der Waals surface area contributed by atoms with Gasteiger partial charge in [-0.15, -0.1) is 11.3 Å². The quantitative estimate of drug-likeness (QED) is 0.917. The lowest BCUT2D eigenvalue weighted by molar-refractivity contribution is 0.0709. The second kappa shape index (κ2) is 5.59. The summed E-state index contributed by atoms with van der Waals surface area (Å²) in [6.07, 6.45) is 6.66. The molecule has 2 fully saturated rings. The molecule has 1 N–H and O–H groups in total. The molecule has 0 aromatic carbocycles. The Morgan fingerprint density at radius 3 is 2.74 bits per heavy atom. The summed E-state index contributed by atoms with van der Waals surface area (Å²) in [7, 11) is 0. The predicted molar refractivity (Wildman–Crippen MR) is 76.5 cm³/mol. The summed E-state index contributed by atoms with van der Waals surface area (Å²) < 4.78 is 0. The fourth-order valence-electron chi connectivity index (χ4n) is 2.56. The van der Waals surface area contributed by atoms with Crippen LogP contribution in [0.4, 0.5) is 0 Å². The molecule has 0 atom stereocenters. The van der Waals surface area contributed by atoms with Gasteiger partial charge in [-0.2, -0.15) is 0 Å². The van der Waals surface area contributed by atoms with E-state index in [-0.39, 0.29) is 5.91 Å². The average Bonchev–Trinajstić information content (AvgIpc) is 3.17. The number of nitrogens with one attached hydrogen (secondary N) is 1. The van der Waals surface area contributed by atoms with Crippen molar-refractivity contribution < 1.29 is 4.79 Å². The first-order valence-electron chi connectivity index (χ1n) is 7.17. The van der Waals surface area contributed by atoms with Crippen molar-refractivity contribution in [2.24, 2.45) is 5.92 Å². The molecule has 1 aliphatic heterocycles. The Kier molecular flexibility index (Phi) is 3.84. The van der Waals surface area contributed by atoms with E-state index in [4.69, 9.17) is 0 Å². The van der Waals surface area contributed by atoms with Crippen LogP contribution in [0.3, 0.4) is 0 Å². The number of likely N-dealkylation sites (tertiary alicyclic amines) is 1. The van der Waals surface area contributed by atoms with Gasteiger partial charge in [0, 0.05) is 19.1 Å². The van der Waals surface area contributed by atoms with E-state index in [0.717, 1.165) is 41.7 Å². The van der Waals surface area contributed by atoms with Crippen LogP contribution in [0.25, 0.3) is 0 Å². The normalized spacial score (nSPS) is 20.8. The number of nitrogens with zero attached hydrogens (tertiary/aromatic N) is 2. The molecule has 1 aliphatic carbocycles. The molecule has 4 nitrogen and oxygen atoms in total. The molecule has 104 valence electrons. The van der Waals surface area contributed by atoms with Crippen LogP contribution in [0, 0.1) is 12.8 Å². The molecule has 0 unspecified atom stereocenters. The smallest absolute Gasteiger partial charge is 0.265 e. The maximum Gasteiger partial charge on any atom is 0.265 e.